The third kappa shape index (κ3) is 2.79. The Morgan fingerprint density at radius 1 is 1.38 bits per heavy atom. The second-order valence-electron chi connectivity index (χ2n) is 4.07. The highest BCUT2D eigenvalue weighted by Gasteiger charge is 2.29. The topological polar surface area (TPSA) is 79.3 Å². The van der Waals surface area contributed by atoms with Gasteiger partial charge in [-0.25, -0.2) is 4.79 Å². The summed E-state index contributed by atoms with van der Waals surface area (Å²) in [6, 6.07) is 3.30. The van der Waals surface area contributed by atoms with Crippen LogP contribution in [-0.4, -0.2) is 27.5 Å². The number of aromatic nitrogens is 1. The second-order valence-corrected chi connectivity index (χ2v) is 4.07. The van der Waals surface area contributed by atoms with Gasteiger partial charge in [-0.15, -0.1) is 0 Å². The second kappa shape index (κ2) is 4.30. The van der Waals surface area contributed by atoms with Crippen LogP contribution in [0.5, 0.6) is 0 Å². The van der Waals surface area contributed by atoms with Crippen molar-refractivity contribution in [3.63, 3.8) is 0 Å². The SMILES string of the molecule is Cc1ccc(C(=O)NC(C)(C)C(=O)O)cn1. The van der Waals surface area contributed by atoms with Crippen LogP contribution in [0.2, 0.25) is 0 Å². The summed E-state index contributed by atoms with van der Waals surface area (Å²) in [7, 11) is 0. The van der Waals surface area contributed by atoms with Crippen LogP contribution in [0.3, 0.4) is 0 Å². The van der Waals surface area contributed by atoms with Crippen molar-refractivity contribution in [3.8, 4) is 0 Å². The molecule has 0 aliphatic heterocycles. The monoisotopic (exact) mass is 222 g/mol. The van der Waals surface area contributed by atoms with E-state index in [1.165, 1.54) is 20.0 Å². The quantitative estimate of drug-likeness (QED) is 0.799. The van der Waals surface area contributed by atoms with E-state index in [0.717, 1.165) is 5.69 Å². The summed E-state index contributed by atoms with van der Waals surface area (Å²) in [5, 5.41) is 11.3. The van der Waals surface area contributed by atoms with Gasteiger partial charge in [0.15, 0.2) is 0 Å². The number of aliphatic carboxylic acids is 1. The first-order chi connectivity index (χ1) is 7.33. The molecule has 0 saturated heterocycles. The average Bonchev–Trinajstić information content (AvgIpc) is 2.17. The van der Waals surface area contributed by atoms with Crippen molar-refractivity contribution < 1.29 is 14.7 Å². The van der Waals surface area contributed by atoms with Crippen LogP contribution >= 0.6 is 0 Å². The lowest BCUT2D eigenvalue weighted by Gasteiger charge is -2.20. The molecule has 1 aromatic heterocycles. The lowest BCUT2D eigenvalue weighted by atomic mass is 10.1. The van der Waals surface area contributed by atoms with Gasteiger partial charge in [-0.1, -0.05) is 0 Å². The van der Waals surface area contributed by atoms with E-state index in [4.69, 9.17) is 5.11 Å². The number of rotatable bonds is 3. The Morgan fingerprint density at radius 3 is 2.44 bits per heavy atom. The molecule has 0 spiro atoms. The molecule has 1 amide bonds. The van der Waals surface area contributed by atoms with Crippen molar-refractivity contribution in [2.75, 3.05) is 0 Å². The molecule has 5 heteroatoms. The number of aryl methyl sites for hydroxylation is 1. The first kappa shape index (κ1) is 12.2. The van der Waals surface area contributed by atoms with Crippen LogP contribution in [0.15, 0.2) is 18.3 Å². The Bertz CT molecular complexity index is 410. The summed E-state index contributed by atoms with van der Waals surface area (Å²) in [6.45, 7) is 4.66. The number of carboxylic acids is 1. The van der Waals surface area contributed by atoms with Gasteiger partial charge in [-0.3, -0.25) is 9.78 Å². The third-order valence-corrected chi connectivity index (χ3v) is 2.13. The van der Waals surface area contributed by atoms with Crippen molar-refractivity contribution in [3.05, 3.63) is 29.6 Å². The van der Waals surface area contributed by atoms with Gasteiger partial charge in [0.25, 0.3) is 5.91 Å². The smallest absolute Gasteiger partial charge is 0.328 e. The molecular weight excluding hydrogens is 208 g/mol. The van der Waals surface area contributed by atoms with Gasteiger partial charge in [0.1, 0.15) is 5.54 Å². The summed E-state index contributed by atoms with van der Waals surface area (Å²) in [6.07, 6.45) is 1.42. The minimum atomic E-state index is -1.29. The van der Waals surface area contributed by atoms with Crippen LogP contribution < -0.4 is 5.32 Å². The fourth-order valence-corrected chi connectivity index (χ4v) is 1.01. The van der Waals surface area contributed by atoms with Gasteiger partial charge in [0, 0.05) is 11.9 Å². The summed E-state index contributed by atoms with van der Waals surface area (Å²) < 4.78 is 0. The molecule has 0 fully saturated rings. The lowest BCUT2D eigenvalue weighted by molar-refractivity contribution is -0.143. The molecular formula is C11H14N2O3. The molecule has 1 aromatic rings. The zero-order valence-corrected chi connectivity index (χ0v) is 9.44. The molecule has 5 nitrogen and oxygen atoms in total. The Labute approximate surface area is 93.5 Å². The number of carbonyl (C=O) groups excluding carboxylic acids is 1. The summed E-state index contributed by atoms with van der Waals surface area (Å²) in [4.78, 5) is 26.4. The van der Waals surface area contributed by atoms with E-state index in [1.807, 2.05) is 6.92 Å². The minimum absolute atomic E-state index is 0.347. The average molecular weight is 222 g/mol. The third-order valence-electron chi connectivity index (χ3n) is 2.13. The van der Waals surface area contributed by atoms with Gasteiger partial charge in [0.2, 0.25) is 0 Å². The molecule has 0 bridgehead atoms. The molecule has 0 saturated carbocycles. The number of hydrogen-bond acceptors (Lipinski definition) is 3. The predicted molar refractivity (Wildman–Crippen MR) is 58.2 cm³/mol. The van der Waals surface area contributed by atoms with E-state index < -0.39 is 17.4 Å². The van der Waals surface area contributed by atoms with Gasteiger partial charge in [-0.05, 0) is 32.9 Å². The highest BCUT2D eigenvalue weighted by molar-refractivity contribution is 5.97. The zero-order valence-electron chi connectivity index (χ0n) is 9.44. The van der Waals surface area contributed by atoms with Crippen LogP contribution in [0.1, 0.15) is 29.9 Å². The fourth-order valence-electron chi connectivity index (χ4n) is 1.01. The van der Waals surface area contributed by atoms with E-state index in [0.29, 0.717) is 5.56 Å². The van der Waals surface area contributed by atoms with E-state index in [1.54, 1.807) is 12.1 Å². The standard InChI is InChI=1S/C11H14N2O3/c1-7-4-5-8(6-12-7)9(14)13-11(2,3)10(15)16/h4-6H,1-3H3,(H,13,14)(H,15,16). The van der Waals surface area contributed by atoms with Crippen LogP contribution in [0, 0.1) is 6.92 Å². The lowest BCUT2D eigenvalue weighted by Crippen LogP contribution is -2.49. The van der Waals surface area contributed by atoms with Crippen molar-refractivity contribution in [2.24, 2.45) is 0 Å². The minimum Gasteiger partial charge on any atom is -0.480 e. The highest BCUT2D eigenvalue weighted by atomic mass is 16.4. The zero-order chi connectivity index (χ0) is 12.3. The molecule has 0 atom stereocenters. The van der Waals surface area contributed by atoms with E-state index in [9.17, 15) is 9.59 Å². The molecule has 0 unspecified atom stereocenters. The van der Waals surface area contributed by atoms with Crippen LogP contribution in [0.4, 0.5) is 0 Å². The molecule has 0 aromatic carbocycles. The van der Waals surface area contributed by atoms with Gasteiger partial charge < -0.3 is 10.4 Å². The number of amides is 1. The fraction of sp³-hybridized carbons (Fsp3) is 0.364. The van der Waals surface area contributed by atoms with Crippen molar-refractivity contribution in [2.45, 2.75) is 26.3 Å². The molecule has 0 aliphatic carbocycles. The van der Waals surface area contributed by atoms with E-state index in [2.05, 4.69) is 10.3 Å². The highest BCUT2D eigenvalue weighted by Crippen LogP contribution is 2.05. The van der Waals surface area contributed by atoms with Gasteiger partial charge >= 0.3 is 5.97 Å². The predicted octanol–water partition coefficient (Wildman–Crippen LogP) is 0.983. The van der Waals surface area contributed by atoms with Crippen molar-refractivity contribution in [1.29, 1.82) is 0 Å². The van der Waals surface area contributed by atoms with E-state index in [-0.39, 0.29) is 0 Å². The first-order valence-corrected chi connectivity index (χ1v) is 4.81. The molecule has 1 heterocycles. The summed E-state index contributed by atoms with van der Waals surface area (Å²) >= 11 is 0. The maximum atomic E-state index is 11.7. The largest absolute Gasteiger partial charge is 0.480 e. The first-order valence-electron chi connectivity index (χ1n) is 4.81. The maximum absolute atomic E-state index is 11.7. The molecule has 0 aliphatic rings. The molecule has 0 radical (unpaired) electrons. The normalized spacial score (nSPS) is 10.9. The van der Waals surface area contributed by atoms with Gasteiger partial charge in [-0.2, -0.15) is 0 Å². The Hall–Kier alpha value is -1.91. The number of hydrogen-bond donors (Lipinski definition) is 2. The summed E-state index contributed by atoms with van der Waals surface area (Å²) in [5.74, 6) is -1.53. The maximum Gasteiger partial charge on any atom is 0.328 e. The number of nitrogens with zero attached hydrogens (tertiary/aromatic N) is 1. The van der Waals surface area contributed by atoms with Gasteiger partial charge in [0.05, 0.1) is 5.56 Å². The number of carbonyl (C=O) groups is 2. The van der Waals surface area contributed by atoms with Crippen molar-refractivity contribution in [1.82, 2.24) is 10.3 Å². The molecule has 86 valence electrons. The molecule has 1 rings (SSSR count). The number of carboxylic acid groups (broad SMARTS) is 1. The number of nitrogens with one attached hydrogen (secondary N) is 1. The molecule has 2 N–H and O–H groups in total. The van der Waals surface area contributed by atoms with Crippen LogP contribution in [-0.2, 0) is 4.79 Å². The Morgan fingerprint density at radius 2 is 2.00 bits per heavy atom. The van der Waals surface area contributed by atoms with E-state index >= 15 is 0 Å². The Balaban J connectivity index is 2.81. The van der Waals surface area contributed by atoms with Crippen LogP contribution in [0.25, 0.3) is 0 Å². The summed E-state index contributed by atoms with van der Waals surface area (Å²) in [5.41, 5.74) is -0.143. The van der Waals surface area contributed by atoms with Crippen molar-refractivity contribution >= 4 is 11.9 Å². The Kier molecular flexibility index (Phi) is 3.27. The molecule has 16 heavy (non-hydrogen) atoms. The number of pyridine rings is 1.